The highest BCUT2D eigenvalue weighted by atomic mass is 79.9. The van der Waals surface area contributed by atoms with Crippen LogP contribution in [0.3, 0.4) is 0 Å². The molecule has 0 aliphatic carbocycles. The summed E-state index contributed by atoms with van der Waals surface area (Å²) in [5.41, 5.74) is 0.419. The molecule has 0 radical (unpaired) electrons. The second kappa shape index (κ2) is 5.06. The minimum atomic E-state index is -0.394. The maximum atomic E-state index is 13.1. The van der Waals surface area contributed by atoms with Crippen molar-refractivity contribution in [1.82, 2.24) is 0 Å². The van der Waals surface area contributed by atoms with Gasteiger partial charge < -0.3 is 4.74 Å². The van der Waals surface area contributed by atoms with Crippen LogP contribution in [-0.4, -0.2) is 19.0 Å². The second-order valence-corrected chi connectivity index (χ2v) is 4.85. The molecule has 4 heteroatoms. The molecule has 0 spiro atoms. The van der Waals surface area contributed by atoms with Crippen LogP contribution in [0, 0.1) is 11.7 Å². The Kier molecular flexibility index (Phi) is 3.71. The summed E-state index contributed by atoms with van der Waals surface area (Å²) in [5.74, 6) is -0.545. The molecule has 0 amide bonds. The molecule has 1 unspecified atom stereocenters. The zero-order valence-corrected chi connectivity index (χ0v) is 10.3. The first-order chi connectivity index (χ1) is 7.66. The maximum absolute atomic E-state index is 13.1. The molecule has 86 valence electrons. The van der Waals surface area contributed by atoms with E-state index in [1.807, 2.05) is 0 Å². The van der Waals surface area contributed by atoms with Crippen molar-refractivity contribution in [2.75, 3.05) is 13.2 Å². The Labute approximate surface area is 102 Å². The highest BCUT2D eigenvalue weighted by Gasteiger charge is 2.23. The molecule has 0 N–H and O–H groups in total. The van der Waals surface area contributed by atoms with E-state index in [2.05, 4.69) is 15.9 Å². The SMILES string of the molecule is O=C(c1cc(F)cc(Br)c1)C1CCCOC1. The number of hydrogen-bond donors (Lipinski definition) is 0. The van der Waals surface area contributed by atoms with Crippen LogP contribution < -0.4 is 0 Å². The molecule has 0 aromatic heterocycles. The van der Waals surface area contributed by atoms with Crippen molar-refractivity contribution in [2.45, 2.75) is 12.8 Å². The van der Waals surface area contributed by atoms with Gasteiger partial charge in [0, 0.05) is 22.6 Å². The van der Waals surface area contributed by atoms with E-state index in [0.29, 0.717) is 16.6 Å². The molecule has 0 saturated carbocycles. The fourth-order valence-electron chi connectivity index (χ4n) is 1.88. The summed E-state index contributed by atoms with van der Waals surface area (Å²) in [7, 11) is 0. The first kappa shape index (κ1) is 11.7. The van der Waals surface area contributed by atoms with Gasteiger partial charge in [-0.15, -0.1) is 0 Å². The number of carbonyl (C=O) groups excluding carboxylic acids is 1. The summed E-state index contributed by atoms with van der Waals surface area (Å²) in [6.45, 7) is 1.17. The first-order valence-electron chi connectivity index (χ1n) is 5.25. The standard InChI is InChI=1S/C12H12BrFO2/c13-10-4-9(5-11(14)6-10)12(15)8-2-1-3-16-7-8/h4-6,8H,1-3,7H2. The van der Waals surface area contributed by atoms with Gasteiger partial charge in [-0.05, 0) is 31.0 Å². The molecule has 2 nitrogen and oxygen atoms in total. The van der Waals surface area contributed by atoms with Crippen LogP contribution in [0.4, 0.5) is 4.39 Å². The highest BCUT2D eigenvalue weighted by molar-refractivity contribution is 9.10. The maximum Gasteiger partial charge on any atom is 0.168 e. The quantitative estimate of drug-likeness (QED) is 0.781. The Balaban J connectivity index is 2.19. The highest BCUT2D eigenvalue weighted by Crippen LogP contribution is 2.22. The number of rotatable bonds is 2. The van der Waals surface area contributed by atoms with E-state index in [1.54, 1.807) is 6.07 Å². The smallest absolute Gasteiger partial charge is 0.168 e. The van der Waals surface area contributed by atoms with Crippen molar-refractivity contribution in [2.24, 2.45) is 5.92 Å². The van der Waals surface area contributed by atoms with Gasteiger partial charge >= 0.3 is 0 Å². The van der Waals surface area contributed by atoms with Gasteiger partial charge in [0.1, 0.15) is 5.82 Å². The van der Waals surface area contributed by atoms with E-state index in [4.69, 9.17) is 4.74 Å². The van der Waals surface area contributed by atoms with Gasteiger partial charge in [-0.3, -0.25) is 4.79 Å². The Morgan fingerprint density at radius 3 is 2.88 bits per heavy atom. The number of ketones is 1. The van der Waals surface area contributed by atoms with Crippen LogP contribution in [0.15, 0.2) is 22.7 Å². The van der Waals surface area contributed by atoms with Crippen LogP contribution in [0.2, 0.25) is 0 Å². The fourth-order valence-corrected chi connectivity index (χ4v) is 2.34. The topological polar surface area (TPSA) is 26.3 Å². The van der Waals surface area contributed by atoms with E-state index in [1.165, 1.54) is 12.1 Å². The van der Waals surface area contributed by atoms with Crippen LogP contribution in [-0.2, 0) is 4.74 Å². The van der Waals surface area contributed by atoms with Crippen molar-refractivity contribution >= 4 is 21.7 Å². The summed E-state index contributed by atoms with van der Waals surface area (Å²) in [5, 5.41) is 0. The molecule has 0 bridgehead atoms. The summed E-state index contributed by atoms with van der Waals surface area (Å²) < 4.78 is 19.0. The predicted octanol–water partition coefficient (Wildman–Crippen LogP) is 3.20. The van der Waals surface area contributed by atoms with E-state index in [9.17, 15) is 9.18 Å². The van der Waals surface area contributed by atoms with Gasteiger partial charge in [0.05, 0.1) is 6.61 Å². The van der Waals surface area contributed by atoms with Crippen molar-refractivity contribution in [3.8, 4) is 0 Å². The number of ether oxygens (including phenoxy) is 1. The Morgan fingerprint density at radius 1 is 1.44 bits per heavy atom. The Bertz CT molecular complexity index is 380. The van der Waals surface area contributed by atoms with Crippen molar-refractivity contribution in [3.63, 3.8) is 0 Å². The first-order valence-corrected chi connectivity index (χ1v) is 6.04. The van der Waals surface area contributed by atoms with E-state index < -0.39 is 5.82 Å². The Hall–Kier alpha value is -0.740. The van der Waals surface area contributed by atoms with Gasteiger partial charge in [0.15, 0.2) is 5.78 Å². The minimum Gasteiger partial charge on any atom is -0.381 e. The van der Waals surface area contributed by atoms with Crippen molar-refractivity contribution < 1.29 is 13.9 Å². The monoisotopic (exact) mass is 286 g/mol. The van der Waals surface area contributed by atoms with Gasteiger partial charge in [-0.1, -0.05) is 15.9 Å². The molecule has 16 heavy (non-hydrogen) atoms. The normalized spacial score (nSPS) is 20.8. The number of Topliss-reactive ketones (excluding diaryl/α,β-unsaturated/α-hetero) is 1. The van der Waals surface area contributed by atoms with E-state index in [0.717, 1.165) is 19.4 Å². The fraction of sp³-hybridized carbons (Fsp3) is 0.417. The third-order valence-corrected chi connectivity index (χ3v) is 3.14. The number of carbonyl (C=O) groups is 1. The molecular weight excluding hydrogens is 275 g/mol. The molecule has 1 atom stereocenters. The van der Waals surface area contributed by atoms with Crippen LogP contribution >= 0.6 is 15.9 Å². The Morgan fingerprint density at radius 2 is 2.25 bits per heavy atom. The zero-order valence-electron chi connectivity index (χ0n) is 8.71. The van der Waals surface area contributed by atoms with Crippen LogP contribution in [0.1, 0.15) is 23.2 Å². The molecule has 1 saturated heterocycles. The van der Waals surface area contributed by atoms with Crippen molar-refractivity contribution in [3.05, 3.63) is 34.1 Å². The van der Waals surface area contributed by atoms with Gasteiger partial charge in [-0.25, -0.2) is 4.39 Å². The molecule has 1 aliphatic rings. The molecule has 1 fully saturated rings. The summed E-state index contributed by atoms with van der Waals surface area (Å²) >= 11 is 3.18. The lowest BCUT2D eigenvalue weighted by atomic mass is 9.93. The van der Waals surface area contributed by atoms with Gasteiger partial charge in [0.2, 0.25) is 0 Å². The molecule has 1 heterocycles. The molecular formula is C12H12BrFO2. The van der Waals surface area contributed by atoms with E-state index in [-0.39, 0.29) is 11.7 Å². The number of benzene rings is 1. The largest absolute Gasteiger partial charge is 0.381 e. The van der Waals surface area contributed by atoms with Crippen LogP contribution in [0.5, 0.6) is 0 Å². The van der Waals surface area contributed by atoms with Crippen LogP contribution in [0.25, 0.3) is 0 Å². The average molecular weight is 287 g/mol. The minimum absolute atomic E-state index is 0.0279. The van der Waals surface area contributed by atoms with Gasteiger partial charge in [-0.2, -0.15) is 0 Å². The second-order valence-electron chi connectivity index (χ2n) is 3.94. The lowest BCUT2D eigenvalue weighted by molar-refractivity contribution is 0.0461. The lowest BCUT2D eigenvalue weighted by Gasteiger charge is -2.20. The van der Waals surface area contributed by atoms with E-state index >= 15 is 0 Å². The summed E-state index contributed by atoms with van der Waals surface area (Å²) in [4.78, 5) is 12.0. The third-order valence-electron chi connectivity index (χ3n) is 2.68. The third kappa shape index (κ3) is 2.68. The number of hydrogen-bond acceptors (Lipinski definition) is 2. The average Bonchev–Trinajstić information content (AvgIpc) is 2.28. The predicted molar refractivity (Wildman–Crippen MR) is 62.0 cm³/mol. The zero-order chi connectivity index (χ0) is 11.5. The molecule has 1 aromatic rings. The molecule has 2 rings (SSSR count). The summed E-state index contributed by atoms with van der Waals surface area (Å²) in [6, 6.07) is 4.27. The lowest BCUT2D eigenvalue weighted by Crippen LogP contribution is -2.25. The molecule has 1 aromatic carbocycles. The van der Waals surface area contributed by atoms with Crippen molar-refractivity contribution in [1.29, 1.82) is 0 Å². The summed E-state index contributed by atoms with van der Waals surface area (Å²) in [6.07, 6.45) is 1.72. The van der Waals surface area contributed by atoms with Gasteiger partial charge in [0.25, 0.3) is 0 Å². The molecule has 1 aliphatic heterocycles. The number of halogens is 2.